The molecule has 0 saturated carbocycles. The first-order valence-corrected chi connectivity index (χ1v) is 6.69. The molecule has 1 aromatic carbocycles. The number of halogens is 2. The summed E-state index contributed by atoms with van der Waals surface area (Å²) in [4.78, 5) is 4.47. The Hall–Kier alpha value is -0.550. The van der Waals surface area contributed by atoms with Crippen LogP contribution in [-0.4, -0.2) is 16.5 Å². The molecule has 1 aromatic rings. The zero-order chi connectivity index (χ0) is 11.8. The number of thioether (sulfide) groups is 1. The van der Waals surface area contributed by atoms with Crippen molar-refractivity contribution in [2.75, 3.05) is 11.1 Å². The van der Waals surface area contributed by atoms with Crippen molar-refractivity contribution >= 4 is 38.5 Å². The van der Waals surface area contributed by atoms with Crippen molar-refractivity contribution in [2.45, 2.75) is 19.4 Å². The summed E-state index contributed by atoms with van der Waals surface area (Å²) < 4.78 is 14.3. The minimum Gasteiger partial charge on any atom is -0.333 e. The van der Waals surface area contributed by atoms with Crippen LogP contribution in [0.15, 0.2) is 27.7 Å². The van der Waals surface area contributed by atoms with Gasteiger partial charge in [-0.15, -0.1) is 0 Å². The summed E-state index contributed by atoms with van der Waals surface area (Å²) in [6.07, 6.45) is 0. The molecule has 0 saturated heterocycles. The van der Waals surface area contributed by atoms with Gasteiger partial charge >= 0.3 is 0 Å². The minimum atomic E-state index is -0.267. The van der Waals surface area contributed by atoms with Gasteiger partial charge in [0.1, 0.15) is 5.82 Å². The summed E-state index contributed by atoms with van der Waals surface area (Å²) in [5.41, 5.74) is 0.397. The molecule has 0 radical (unpaired) electrons. The van der Waals surface area contributed by atoms with Crippen molar-refractivity contribution in [2.24, 2.45) is 4.99 Å². The smallest absolute Gasteiger partial charge is 0.161 e. The molecule has 1 aliphatic heterocycles. The zero-order valence-electron chi connectivity index (χ0n) is 9.05. The summed E-state index contributed by atoms with van der Waals surface area (Å²) in [6, 6.07) is 4.82. The molecule has 0 spiro atoms. The maximum Gasteiger partial charge on any atom is 0.161 e. The molecule has 0 aromatic heterocycles. The lowest BCUT2D eigenvalue weighted by atomic mass is 10.1. The molecule has 16 heavy (non-hydrogen) atoms. The van der Waals surface area contributed by atoms with Crippen LogP contribution in [0.5, 0.6) is 0 Å². The topological polar surface area (TPSA) is 24.4 Å². The van der Waals surface area contributed by atoms with Gasteiger partial charge in [0.25, 0.3) is 0 Å². The molecular formula is C11H12BrFN2S. The van der Waals surface area contributed by atoms with E-state index in [1.54, 1.807) is 23.9 Å². The van der Waals surface area contributed by atoms with E-state index in [0.717, 1.165) is 15.4 Å². The van der Waals surface area contributed by atoms with E-state index in [2.05, 4.69) is 40.1 Å². The number of hydrogen-bond acceptors (Lipinski definition) is 3. The van der Waals surface area contributed by atoms with Crippen LogP contribution in [0.4, 0.5) is 10.1 Å². The molecular weight excluding hydrogens is 291 g/mol. The molecule has 1 N–H and O–H groups in total. The van der Waals surface area contributed by atoms with Crippen molar-refractivity contribution < 1.29 is 4.39 Å². The lowest BCUT2D eigenvalue weighted by Crippen LogP contribution is -2.15. The third kappa shape index (κ3) is 2.77. The highest BCUT2D eigenvalue weighted by Gasteiger charge is 2.25. The van der Waals surface area contributed by atoms with Crippen molar-refractivity contribution in [3.63, 3.8) is 0 Å². The Labute approximate surface area is 107 Å². The Balaban J connectivity index is 2.19. The van der Waals surface area contributed by atoms with Gasteiger partial charge in [-0.1, -0.05) is 27.7 Å². The van der Waals surface area contributed by atoms with Gasteiger partial charge < -0.3 is 5.32 Å². The molecule has 0 atom stereocenters. The van der Waals surface area contributed by atoms with Gasteiger partial charge in [-0.25, -0.2) is 4.39 Å². The maximum absolute atomic E-state index is 13.5. The second-order valence-corrected chi connectivity index (χ2v) is 6.15. The SMILES string of the molecule is CC1(C)CSC(Nc2cc(Br)ccc2F)=N1. The van der Waals surface area contributed by atoms with Gasteiger partial charge in [0.05, 0.1) is 11.2 Å². The fraction of sp³-hybridized carbons (Fsp3) is 0.364. The largest absolute Gasteiger partial charge is 0.333 e. The molecule has 86 valence electrons. The van der Waals surface area contributed by atoms with E-state index in [-0.39, 0.29) is 11.4 Å². The fourth-order valence-electron chi connectivity index (χ4n) is 1.36. The van der Waals surface area contributed by atoms with Gasteiger partial charge in [0, 0.05) is 10.2 Å². The molecule has 2 nitrogen and oxygen atoms in total. The molecule has 2 rings (SSSR count). The predicted octanol–water partition coefficient (Wildman–Crippen LogP) is 3.88. The number of anilines is 1. The third-order valence-corrected chi connectivity index (χ3v) is 3.95. The van der Waals surface area contributed by atoms with E-state index in [1.807, 2.05) is 0 Å². The van der Waals surface area contributed by atoms with Crippen molar-refractivity contribution in [1.29, 1.82) is 0 Å². The molecule has 0 aliphatic carbocycles. The van der Waals surface area contributed by atoms with Gasteiger partial charge in [-0.05, 0) is 32.0 Å². The van der Waals surface area contributed by atoms with Crippen LogP contribution in [0, 0.1) is 5.82 Å². The van der Waals surface area contributed by atoms with Crippen molar-refractivity contribution in [3.8, 4) is 0 Å². The average Bonchev–Trinajstić information content (AvgIpc) is 2.52. The van der Waals surface area contributed by atoms with E-state index in [9.17, 15) is 4.39 Å². The first kappa shape index (κ1) is 11.9. The Kier molecular flexibility index (Phi) is 3.26. The second-order valence-electron chi connectivity index (χ2n) is 4.27. The molecule has 5 heteroatoms. The molecule has 0 bridgehead atoms. The van der Waals surface area contributed by atoms with Crippen molar-refractivity contribution in [1.82, 2.24) is 0 Å². The Morgan fingerprint density at radius 2 is 2.25 bits per heavy atom. The molecule has 1 aliphatic rings. The monoisotopic (exact) mass is 302 g/mol. The quantitative estimate of drug-likeness (QED) is 0.851. The summed E-state index contributed by atoms with van der Waals surface area (Å²) in [5.74, 6) is 0.654. The molecule has 0 unspecified atom stereocenters. The zero-order valence-corrected chi connectivity index (χ0v) is 11.5. The predicted molar refractivity (Wildman–Crippen MR) is 71.7 cm³/mol. The first-order valence-electron chi connectivity index (χ1n) is 4.91. The Morgan fingerprint density at radius 1 is 1.50 bits per heavy atom. The third-order valence-electron chi connectivity index (χ3n) is 2.14. The lowest BCUT2D eigenvalue weighted by molar-refractivity contribution is 0.604. The van der Waals surface area contributed by atoms with Gasteiger partial charge in [0.15, 0.2) is 5.17 Å². The van der Waals surface area contributed by atoms with Crippen LogP contribution in [0.25, 0.3) is 0 Å². The molecule has 0 fully saturated rings. The standard InChI is InChI=1S/C11H12BrFN2S/c1-11(2)6-16-10(15-11)14-9-5-7(12)3-4-8(9)13/h3-5H,6H2,1-2H3,(H,14,15). The highest BCUT2D eigenvalue weighted by molar-refractivity contribution is 9.10. The molecule has 0 amide bonds. The van der Waals surface area contributed by atoms with Crippen LogP contribution in [-0.2, 0) is 0 Å². The highest BCUT2D eigenvalue weighted by Crippen LogP contribution is 2.29. The number of aliphatic imine (C=N–C) groups is 1. The Bertz CT molecular complexity index is 446. The van der Waals surface area contributed by atoms with Gasteiger partial charge in [0.2, 0.25) is 0 Å². The average molecular weight is 303 g/mol. The maximum atomic E-state index is 13.5. The fourth-order valence-corrected chi connectivity index (χ4v) is 2.77. The van der Waals surface area contributed by atoms with Crippen LogP contribution in [0.2, 0.25) is 0 Å². The van der Waals surface area contributed by atoms with Crippen LogP contribution in [0.1, 0.15) is 13.8 Å². The highest BCUT2D eigenvalue weighted by atomic mass is 79.9. The van der Waals surface area contributed by atoms with Crippen LogP contribution in [0.3, 0.4) is 0 Å². The normalized spacial score (nSPS) is 18.4. The van der Waals surface area contributed by atoms with E-state index in [1.165, 1.54) is 6.07 Å². The second kappa shape index (κ2) is 4.37. The number of amidine groups is 1. The summed E-state index contributed by atoms with van der Waals surface area (Å²) in [7, 11) is 0. The van der Waals surface area contributed by atoms with Gasteiger partial charge in [-0.3, -0.25) is 4.99 Å². The lowest BCUT2D eigenvalue weighted by Gasteiger charge is -2.09. The minimum absolute atomic E-state index is 0.0600. The number of rotatable bonds is 1. The van der Waals surface area contributed by atoms with Crippen molar-refractivity contribution in [3.05, 3.63) is 28.5 Å². The number of hydrogen-bond donors (Lipinski definition) is 1. The van der Waals surface area contributed by atoms with E-state index in [4.69, 9.17) is 0 Å². The molecule has 1 heterocycles. The number of nitrogens with one attached hydrogen (secondary N) is 1. The van der Waals surface area contributed by atoms with E-state index in [0.29, 0.717) is 5.69 Å². The summed E-state index contributed by atoms with van der Waals surface area (Å²) in [5, 5.41) is 3.79. The van der Waals surface area contributed by atoms with E-state index < -0.39 is 0 Å². The summed E-state index contributed by atoms with van der Waals surface area (Å²) >= 11 is 4.93. The first-order chi connectivity index (χ1) is 7.46. The van der Waals surface area contributed by atoms with E-state index >= 15 is 0 Å². The van der Waals surface area contributed by atoms with Crippen LogP contribution >= 0.6 is 27.7 Å². The van der Waals surface area contributed by atoms with Crippen LogP contribution < -0.4 is 5.32 Å². The Morgan fingerprint density at radius 3 is 2.88 bits per heavy atom. The number of benzene rings is 1. The van der Waals surface area contributed by atoms with Gasteiger partial charge in [-0.2, -0.15) is 0 Å². The summed E-state index contributed by atoms with van der Waals surface area (Å²) in [6.45, 7) is 4.12. The number of nitrogens with zero attached hydrogens (tertiary/aromatic N) is 1.